The number of carbonyl (C=O) groups is 2. The second-order valence-electron chi connectivity index (χ2n) is 12.0. The average molecular weight is 566 g/mol. The highest BCUT2D eigenvalue weighted by molar-refractivity contribution is 5.88. The SMILES string of the molecule is CC(C)(C)OC(=O)N1CCC[C@H](Nc2cc(N(Cc3cccc(F)c3)C(=O)OC(C)(C)C)n3ncc(C#N)c3n2)C1. The van der Waals surface area contributed by atoms with Crippen LogP contribution in [-0.4, -0.2) is 62.0 Å². The van der Waals surface area contributed by atoms with Crippen LogP contribution in [0.1, 0.15) is 65.5 Å². The molecule has 3 aromatic rings. The van der Waals surface area contributed by atoms with Gasteiger partial charge in [0.25, 0.3) is 0 Å². The minimum absolute atomic E-state index is 0.0250. The number of carbonyl (C=O) groups excluding carboxylic acids is 2. The van der Waals surface area contributed by atoms with E-state index in [4.69, 9.17) is 9.47 Å². The van der Waals surface area contributed by atoms with Gasteiger partial charge in [-0.1, -0.05) is 12.1 Å². The Morgan fingerprint density at radius 2 is 1.90 bits per heavy atom. The van der Waals surface area contributed by atoms with Gasteiger partial charge in [-0.2, -0.15) is 14.9 Å². The van der Waals surface area contributed by atoms with Crippen molar-refractivity contribution in [2.45, 2.75) is 78.2 Å². The van der Waals surface area contributed by atoms with E-state index in [0.717, 1.165) is 12.8 Å². The quantitative estimate of drug-likeness (QED) is 0.430. The predicted octanol–water partition coefficient (Wildman–Crippen LogP) is 5.49. The largest absolute Gasteiger partial charge is 0.444 e. The summed E-state index contributed by atoms with van der Waals surface area (Å²) in [5.41, 5.74) is -0.437. The molecule has 3 heterocycles. The summed E-state index contributed by atoms with van der Waals surface area (Å²) >= 11 is 0. The first-order valence-corrected chi connectivity index (χ1v) is 13.5. The molecule has 12 heteroatoms. The number of rotatable bonds is 5. The molecule has 11 nitrogen and oxygen atoms in total. The molecule has 0 aliphatic carbocycles. The van der Waals surface area contributed by atoms with Gasteiger partial charge < -0.3 is 19.7 Å². The fourth-order valence-electron chi connectivity index (χ4n) is 4.46. The number of fused-ring (bicyclic) bond motifs is 1. The van der Waals surface area contributed by atoms with Crippen molar-refractivity contribution in [2.75, 3.05) is 23.3 Å². The van der Waals surface area contributed by atoms with Crippen LogP contribution in [0.15, 0.2) is 36.5 Å². The fourth-order valence-corrected chi connectivity index (χ4v) is 4.46. The van der Waals surface area contributed by atoms with Gasteiger partial charge in [0.2, 0.25) is 0 Å². The molecule has 1 N–H and O–H groups in total. The molecule has 1 fully saturated rings. The van der Waals surface area contributed by atoms with Gasteiger partial charge in [0.05, 0.1) is 12.7 Å². The number of nitrogens with one attached hydrogen (secondary N) is 1. The van der Waals surface area contributed by atoms with E-state index in [1.54, 1.807) is 43.9 Å². The van der Waals surface area contributed by atoms with Crippen LogP contribution in [0.25, 0.3) is 5.65 Å². The van der Waals surface area contributed by atoms with Crippen LogP contribution in [0.5, 0.6) is 0 Å². The second kappa shape index (κ2) is 11.6. The molecule has 1 aliphatic rings. The van der Waals surface area contributed by atoms with E-state index in [0.29, 0.717) is 24.5 Å². The number of hydrogen-bond acceptors (Lipinski definition) is 8. The molecule has 0 unspecified atom stereocenters. The van der Waals surface area contributed by atoms with Crippen molar-refractivity contribution < 1.29 is 23.5 Å². The van der Waals surface area contributed by atoms with Crippen molar-refractivity contribution in [3.63, 3.8) is 0 Å². The van der Waals surface area contributed by atoms with Crippen LogP contribution in [0.2, 0.25) is 0 Å². The zero-order valence-corrected chi connectivity index (χ0v) is 24.3. The molecule has 2 amide bonds. The number of amides is 2. The van der Waals surface area contributed by atoms with Crippen molar-refractivity contribution in [3.05, 3.63) is 53.5 Å². The van der Waals surface area contributed by atoms with Gasteiger partial charge in [-0.05, 0) is 72.1 Å². The first kappa shape index (κ1) is 29.6. The van der Waals surface area contributed by atoms with Crippen LogP contribution in [-0.2, 0) is 16.0 Å². The molecular formula is C29H36FN7O4. The molecule has 0 spiro atoms. The highest BCUT2D eigenvalue weighted by atomic mass is 19.1. The lowest BCUT2D eigenvalue weighted by Crippen LogP contribution is -2.47. The first-order chi connectivity index (χ1) is 19.2. The number of nitrogens with zero attached hydrogens (tertiary/aromatic N) is 6. The number of likely N-dealkylation sites (tertiary alicyclic amines) is 1. The molecule has 0 saturated carbocycles. The molecule has 1 saturated heterocycles. The Labute approximate surface area is 238 Å². The number of ether oxygens (including phenoxy) is 2. The standard InChI is InChI=1S/C29H36FN7O4/c1-28(2,3)40-26(38)35-12-8-11-22(18-35)33-23-14-24(37-25(34-23)20(15-31)16-32-37)36(27(39)41-29(4,5)6)17-19-9-7-10-21(30)13-19/h7,9-10,13-14,16,22H,8,11-12,17-18H2,1-6H3,(H,33,34)/t22-/m0/s1. The van der Waals surface area contributed by atoms with Crippen LogP contribution in [0.3, 0.4) is 0 Å². The van der Waals surface area contributed by atoms with Crippen LogP contribution in [0.4, 0.5) is 25.6 Å². The maximum atomic E-state index is 14.1. The second-order valence-corrected chi connectivity index (χ2v) is 12.0. The third-order valence-corrected chi connectivity index (χ3v) is 6.12. The molecule has 4 rings (SSSR count). The third-order valence-electron chi connectivity index (χ3n) is 6.12. The lowest BCUT2D eigenvalue weighted by Gasteiger charge is -2.34. The van der Waals surface area contributed by atoms with E-state index in [1.165, 1.54) is 27.7 Å². The van der Waals surface area contributed by atoms with E-state index in [9.17, 15) is 19.2 Å². The fraction of sp³-hybridized carbons (Fsp3) is 0.483. The van der Waals surface area contributed by atoms with Crippen molar-refractivity contribution in [1.29, 1.82) is 5.26 Å². The number of halogens is 1. The Balaban J connectivity index is 1.71. The first-order valence-electron chi connectivity index (χ1n) is 13.5. The molecule has 1 atom stereocenters. The Morgan fingerprint density at radius 1 is 1.17 bits per heavy atom. The Kier molecular flexibility index (Phi) is 8.37. The number of aromatic nitrogens is 3. The number of piperidine rings is 1. The molecular weight excluding hydrogens is 529 g/mol. The maximum Gasteiger partial charge on any atom is 0.416 e. The summed E-state index contributed by atoms with van der Waals surface area (Å²) in [4.78, 5) is 33.8. The van der Waals surface area contributed by atoms with E-state index in [1.807, 2.05) is 20.8 Å². The molecule has 218 valence electrons. The topological polar surface area (TPSA) is 125 Å². The minimum atomic E-state index is -0.806. The molecule has 0 bridgehead atoms. The number of benzene rings is 1. The Bertz CT molecular complexity index is 1470. The van der Waals surface area contributed by atoms with Crippen molar-refractivity contribution in [2.24, 2.45) is 0 Å². The summed E-state index contributed by atoms with van der Waals surface area (Å²) in [6.07, 6.45) is 1.83. The van der Waals surface area contributed by atoms with E-state index in [2.05, 4.69) is 21.5 Å². The summed E-state index contributed by atoms with van der Waals surface area (Å²) in [5, 5.41) is 17.4. The smallest absolute Gasteiger partial charge is 0.416 e. The van der Waals surface area contributed by atoms with Gasteiger partial charge >= 0.3 is 12.2 Å². The molecule has 41 heavy (non-hydrogen) atoms. The highest BCUT2D eigenvalue weighted by Crippen LogP contribution is 2.27. The van der Waals surface area contributed by atoms with E-state index in [-0.39, 0.29) is 35.7 Å². The normalized spacial score (nSPS) is 15.8. The lowest BCUT2D eigenvalue weighted by atomic mass is 10.1. The van der Waals surface area contributed by atoms with Crippen LogP contribution < -0.4 is 10.2 Å². The number of anilines is 2. The summed E-state index contributed by atoms with van der Waals surface area (Å²) in [5.74, 6) is 0.220. The molecule has 2 aromatic heterocycles. The van der Waals surface area contributed by atoms with E-state index < -0.39 is 23.1 Å². The van der Waals surface area contributed by atoms with Crippen molar-refractivity contribution >= 4 is 29.5 Å². The third kappa shape index (κ3) is 7.63. The maximum absolute atomic E-state index is 14.1. The van der Waals surface area contributed by atoms with Gasteiger partial charge in [0, 0.05) is 25.2 Å². The summed E-state index contributed by atoms with van der Waals surface area (Å²) < 4.78 is 26.7. The predicted molar refractivity (Wildman–Crippen MR) is 151 cm³/mol. The van der Waals surface area contributed by atoms with Crippen molar-refractivity contribution in [3.8, 4) is 6.07 Å². The van der Waals surface area contributed by atoms with Gasteiger partial charge in [-0.25, -0.2) is 19.0 Å². The molecule has 1 aromatic carbocycles. The van der Waals surface area contributed by atoms with Crippen LogP contribution in [0, 0.1) is 17.1 Å². The van der Waals surface area contributed by atoms with Crippen LogP contribution >= 0.6 is 0 Å². The van der Waals surface area contributed by atoms with Gasteiger partial charge in [-0.3, -0.25) is 4.90 Å². The number of hydrogen-bond donors (Lipinski definition) is 1. The summed E-state index contributed by atoms with van der Waals surface area (Å²) in [6, 6.07) is 9.49. The zero-order chi connectivity index (χ0) is 29.9. The monoisotopic (exact) mass is 565 g/mol. The Hall–Kier alpha value is -4.40. The highest BCUT2D eigenvalue weighted by Gasteiger charge is 2.30. The van der Waals surface area contributed by atoms with E-state index >= 15 is 0 Å². The Morgan fingerprint density at radius 3 is 2.56 bits per heavy atom. The summed E-state index contributed by atoms with van der Waals surface area (Å²) in [6.45, 7) is 11.7. The zero-order valence-electron chi connectivity index (χ0n) is 24.3. The van der Waals surface area contributed by atoms with Gasteiger partial charge in [0.1, 0.15) is 40.3 Å². The number of nitriles is 1. The average Bonchev–Trinajstić information content (AvgIpc) is 3.28. The summed E-state index contributed by atoms with van der Waals surface area (Å²) in [7, 11) is 0. The van der Waals surface area contributed by atoms with Gasteiger partial charge in [0.15, 0.2) is 5.65 Å². The molecule has 1 aliphatic heterocycles. The van der Waals surface area contributed by atoms with Gasteiger partial charge in [-0.15, -0.1) is 0 Å². The van der Waals surface area contributed by atoms with Crippen molar-refractivity contribution in [1.82, 2.24) is 19.5 Å². The minimum Gasteiger partial charge on any atom is -0.444 e. The molecule has 0 radical (unpaired) electrons. The lowest BCUT2D eigenvalue weighted by molar-refractivity contribution is 0.0206.